The smallest absolute Gasteiger partial charge is 0.404 e. The molecule has 6 nitrogen and oxygen atoms in total. The molecule has 2 aromatic rings. The third kappa shape index (κ3) is 4.10. The maximum Gasteiger partial charge on any atom is 0.404 e. The molecular formula is C16H20BrN3O3. The molecule has 0 saturated carbocycles. The van der Waals surface area contributed by atoms with Crippen LogP contribution in [-0.2, 0) is 4.74 Å². The van der Waals surface area contributed by atoms with E-state index in [4.69, 9.17) is 14.9 Å². The van der Waals surface area contributed by atoms with E-state index in [1.165, 1.54) is 0 Å². The van der Waals surface area contributed by atoms with Crippen LogP contribution in [0.2, 0.25) is 0 Å². The maximum absolute atomic E-state index is 10.9. The molecule has 0 aliphatic heterocycles. The van der Waals surface area contributed by atoms with Crippen LogP contribution in [0.1, 0.15) is 38.1 Å². The van der Waals surface area contributed by atoms with E-state index in [0.29, 0.717) is 11.8 Å². The van der Waals surface area contributed by atoms with Crippen LogP contribution >= 0.6 is 15.9 Å². The quantitative estimate of drug-likeness (QED) is 0.862. The van der Waals surface area contributed by atoms with Gasteiger partial charge in [0.2, 0.25) is 11.8 Å². The highest BCUT2D eigenvalue weighted by atomic mass is 79.9. The molecule has 23 heavy (non-hydrogen) atoms. The Morgan fingerprint density at radius 1 is 1.39 bits per heavy atom. The van der Waals surface area contributed by atoms with Gasteiger partial charge in [0.25, 0.3) is 0 Å². The lowest BCUT2D eigenvalue weighted by Crippen LogP contribution is -2.26. The fourth-order valence-corrected chi connectivity index (χ4v) is 2.55. The first-order chi connectivity index (χ1) is 10.7. The molecule has 0 bridgehead atoms. The van der Waals surface area contributed by atoms with Gasteiger partial charge in [-0.05, 0) is 30.0 Å². The predicted molar refractivity (Wildman–Crippen MR) is 89.9 cm³/mol. The molecule has 124 valence electrons. The summed E-state index contributed by atoms with van der Waals surface area (Å²) in [5, 5.41) is 8.28. The summed E-state index contributed by atoms with van der Waals surface area (Å²) < 4.78 is 11.8. The first kappa shape index (κ1) is 17.5. The van der Waals surface area contributed by atoms with Crippen molar-refractivity contribution in [1.29, 1.82) is 0 Å². The number of ether oxygens (including phenoxy) is 1. The topological polar surface area (TPSA) is 91.2 Å². The Hall–Kier alpha value is -1.89. The Balaban J connectivity index is 2.35. The third-order valence-corrected chi connectivity index (χ3v) is 4.53. The lowest BCUT2D eigenvalue weighted by atomic mass is 9.81. The lowest BCUT2D eigenvalue weighted by molar-refractivity contribution is 0.116. The number of carbonyl (C=O) groups excluding carboxylic acids is 1. The number of primary amides is 1. The van der Waals surface area contributed by atoms with Crippen molar-refractivity contribution in [3.63, 3.8) is 0 Å². The van der Waals surface area contributed by atoms with E-state index in [1.807, 2.05) is 45.9 Å². The minimum absolute atomic E-state index is 0.0952. The van der Waals surface area contributed by atoms with E-state index in [-0.39, 0.29) is 17.9 Å². The van der Waals surface area contributed by atoms with E-state index in [9.17, 15) is 4.79 Å². The van der Waals surface area contributed by atoms with Gasteiger partial charge in [0, 0.05) is 10.0 Å². The minimum atomic E-state index is -0.818. The SMILES string of the molecule is Cc1c(Br)cccc1-c1nnc(C(COC(N)=O)C(C)(C)C)o1. The normalized spacial score (nSPS) is 12.9. The average molecular weight is 382 g/mol. The number of hydrogen-bond donors (Lipinski definition) is 1. The fourth-order valence-electron chi connectivity index (χ4n) is 2.18. The number of aromatic nitrogens is 2. The molecule has 0 aliphatic carbocycles. The molecule has 2 rings (SSSR count). The summed E-state index contributed by atoms with van der Waals surface area (Å²) in [6, 6.07) is 5.78. The summed E-state index contributed by atoms with van der Waals surface area (Å²) in [4.78, 5) is 10.9. The standard InChI is InChI=1S/C16H20BrN3O3/c1-9-10(6-5-7-12(9)17)13-19-20-14(23-13)11(16(2,3)4)8-22-15(18)21/h5-7,11H,8H2,1-4H3,(H2,18,21). The molecule has 0 spiro atoms. The van der Waals surface area contributed by atoms with E-state index in [2.05, 4.69) is 26.1 Å². The van der Waals surface area contributed by atoms with E-state index in [1.54, 1.807) is 0 Å². The lowest BCUT2D eigenvalue weighted by Gasteiger charge is -2.26. The van der Waals surface area contributed by atoms with Crippen LogP contribution in [0.25, 0.3) is 11.5 Å². The maximum atomic E-state index is 10.9. The molecular weight excluding hydrogens is 362 g/mol. The van der Waals surface area contributed by atoms with Crippen molar-refractivity contribution in [2.24, 2.45) is 11.1 Å². The van der Waals surface area contributed by atoms with E-state index in [0.717, 1.165) is 15.6 Å². The van der Waals surface area contributed by atoms with Gasteiger partial charge < -0.3 is 14.9 Å². The fraction of sp³-hybridized carbons (Fsp3) is 0.438. The molecule has 1 aromatic carbocycles. The first-order valence-corrected chi connectivity index (χ1v) is 8.00. The summed E-state index contributed by atoms with van der Waals surface area (Å²) >= 11 is 3.49. The van der Waals surface area contributed by atoms with Gasteiger partial charge in [-0.2, -0.15) is 0 Å². The molecule has 0 saturated heterocycles. The van der Waals surface area contributed by atoms with Crippen molar-refractivity contribution in [2.45, 2.75) is 33.6 Å². The van der Waals surface area contributed by atoms with Crippen molar-refractivity contribution >= 4 is 22.0 Å². The van der Waals surface area contributed by atoms with Crippen LogP contribution < -0.4 is 5.73 Å². The third-order valence-electron chi connectivity index (χ3n) is 3.67. The van der Waals surface area contributed by atoms with E-state index >= 15 is 0 Å². The molecule has 1 atom stereocenters. The Morgan fingerprint density at radius 2 is 2.09 bits per heavy atom. The van der Waals surface area contributed by atoms with Gasteiger partial charge in [-0.15, -0.1) is 10.2 Å². The highest BCUT2D eigenvalue weighted by Crippen LogP contribution is 2.36. The van der Waals surface area contributed by atoms with Crippen LogP contribution in [-0.4, -0.2) is 22.9 Å². The van der Waals surface area contributed by atoms with Crippen molar-refractivity contribution in [2.75, 3.05) is 6.61 Å². The van der Waals surface area contributed by atoms with Gasteiger partial charge in [0.05, 0.1) is 5.92 Å². The van der Waals surface area contributed by atoms with Gasteiger partial charge in [-0.1, -0.05) is 42.8 Å². The van der Waals surface area contributed by atoms with Crippen LogP contribution in [0, 0.1) is 12.3 Å². The summed E-state index contributed by atoms with van der Waals surface area (Å²) in [7, 11) is 0. The number of carbonyl (C=O) groups is 1. The predicted octanol–water partition coefficient (Wildman–Crippen LogP) is 4.03. The second-order valence-electron chi connectivity index (χ2n) is 6.41. The van der Waals surface area contributed by atoms with Gasteiger partial charge in [-0.25, -0.2) is 4.79 Å². The van der Waals surface area contributed by atoms with Crippen molar-refractivity contribution in [1.82, 2.24) is 10.2 Å². The number of nitrogens with zero attached hydrogens (tertiary/aromatic N) is 2. The highest BCUT2D eigenvalue weighted by Gasteiger charge is 2.32. The van der Waals surface area contributed by atoms with Gasteiger partial charge >= 0.3 is 6.09 Å². The number of rotatable bonds is 4. The van der Waals surface area contributed by atoms with Crippen molar-refractivity contribution in [3.8, 4) is 11.5 Å². The first-order valence-electron chi connectivity index (χ1n) is 7.21. The number of hydrogen-bond acceptors (Lipinski definition) is 5. The van der Waals surface area contributed by atoms with Gasteiger partial charge in [-0.3, -0.25) is 0 Å². The molecule has 7 heteroatoms. The Kier molecular flexibility index (Phi) is 5.09. The van der Waals surface area contributed by atoms with Crippen LogP contribution in [0.15, 0.2) is 27.1 Å². The molecule has 1 heterocycles. The van der Waals surface area contributed by atoms with Gasteiger partial charge in [0.15, 0.2) is 0 Å². The zero-order valence-electron chi connectivity index (χ0n) is 13.6. The molecule has 0 aliphatic rings. The number of nitrogens with two attached hydrogens (primary N) is 1. The summed E-state index contributed by atoms with van der Waals surface area (Å²) in [6.45, 7) is 8.10. The zero-order valence-corrected chi connectivity index (χ0v) is 15.2. The van der Waals surface area contributed by atoms with E-state index < -0.39 is 6.09 Å². The van der Waals surface area contributed by atoms with Crippen LogP contribution in [0.5, 0.6) is 0 Å². The molecule has 1 amide bonds. The average Bonchev–Trinajstić information content (AvgIpc) is 2.89. The molecule has 1 unspecified atom stereocenters. The summed E-state index contributed by atoms with van der Waals surface area (Å²) in [5.41, 5.74) is 6.71. The van der Waals surface area contributed by atoms with Crippen molar-refractivity contribution < 1.29 is 13.9 Å². The second kappa shape index (κ2) is 6.70. The number of benzene rings is 1. The largest absolute Gasteiger partial charge is 0.449 e. The number of amides is 1. The van der Waals surface area contributed by atoms with Crippen molar-refractivity contribution in [3.05, 3.63) is 34.1 Å². The summed E-state index contributed by atoms with van der Waals surface area (Å²) in [6.07, 6.45) is -0.818. The second-order valence-corrected chi connectivity index (χ2v) is 7.26. The Morgan fingerprint density at radius 3 is 2.70 bits per heavy atom. The molecule has 0 fully saturated rings. The monoisotopic (exact) mass is 381 g/mol. The highest BCUT2D eigenvalue weighted by molar-refractivity contribution is 9.10. The van der Waals surface area contributed by atoms with Crippen LogP contribution in [0.3, 0.4) is 0 Å². The molecule has 0 radical (unpaired) electrons. The van der Waals surface area contributed by atoms with Crippen LogP contribution in [0.4, 0.5) is 4.79 Å². The minimum Gasteiger partial charge on any atom is -0.449 e. The molecule has 2 N–H and O–H groups in total. The summed E-state index contributed by atoms with van der Waals surface area (Å²) in [5.74, 6) is 0.615. The van der Waals surface area contributed by atoms with Gasteiger partial charge in [0.1, 0.15) is 6.61 Å². The molecule has 1 aromatic heterocycles. The Labute approximate surface area is 143 Å². The number of halogens is 1. The Bertz CT molecular complexity index is 707. The zero-order chi connectivity index (χ0) is 17.2.